The maximum Gasteiger partial charge on any atom is 0.149 e. The molecule has 1 rings (SSSR count). The van der Waals surface area contributed by atoms with Gasteiger partial charge in [-0.1, -0.05) is 0 Å². The number of carbonyl (C=O) groups is 1. The van der Waals surface area contributed by atoms with Crippen LogP contribution in [0.15, 0.2) is 0 Å². The molecule has 0 radical (unpaired) electrons. The summed E-state index contributed by atoms with van der Waals surface area (Å²) in [5.74, 6) is 1.09. The second-order valence-electron chi connectivity index (χ2n) is 3.12. The first-order chi connectivity index (χ1) is 4.74. The maximum absolute atomic E-state index is 11.2. The van der Waals surface area contributed by atoms with Crippen LogP contribution in [-0.2, 0) is 4.79 Å². The number of carbonyl (C=O) groups excluding carboxylic acids is 1. The highest BCUT2D eigenvalue weighted by molar-refractivity contribution is 5.83. The van der Waals surface area contributed by atoms with E-state index in [2.05, 4.69) is 5.32 Å². The number of Topliss-reactive ketones (excluding diaryl/α,β-unsaturated/α-hetero) is 1. The van der Waals surface area contributed by atoms with Gasteiger partial charge in [0.25, 0.3) is 0 Å². The first-order valence-electron chi connectivity index (χ1n) is 3.94. The molecule has 0 aromatic heterocycles. The van der Waals surface area contributed by atoms with Crippen LogP contribution in [0.25, 0.3) is 0 Å². The lowest BCUT2D eigenvalue weighted by atomic mass is 10.1. The van der Waals surface area contributed by atoms with Gasteiger partial charge in [-0.25, -0.2) is 0 Å². The van der Waals surface area contributed by atoms with Crippen molar-refractivity contribution >= 4 is 5.78 Å². The molecule has 0 aliphatic heterocycles. The Bertz CT molecular complexity index is 129. The van der Waals surface area contributed by atoms with E-state index in [-0.39, 0.29) is 6.04 Å². The Morgan fingerprint density at radius 3 is 2.70 bits per heavy atom. The molecule has 0 heterocycles. The molecule has 1 atom stereocenters. The van der Waals surface area contributed by atoms with E-state index in [9.17, 15) is 4.79 Å². The van der Waals surface area contributed by atoms with Gasteiger partial charge in [0.2, 0.25) is 0 Å². The van der Waals surface area contributed by atoms with Crippen molar-refractivity contribution in [2.45, 2.75) is 32.2 Å². The van der Waals surface area contributed by atoms with Crippen molar-refractivity contribution in [3.63, 3.8) is 0 Å². The van der Waals surface area contributed by atoms with Gasteiger partial charge < -0.3 is 5.32 Å². The fourth-order valence-electron chi connectivity index (χ4n) is 0.944. The molecule has 1 saturated carbocycles. The lowest BCUT2D eigenvalue weighted by Crippen LogP contribution is -2.30. The highest BCUT2D eigenvalue weighted by atomic mass is 16.1. The van der Waals surface area contributed by atoms with Crippen LogP contribution in [0.5, 0.6) is 0 Å². The molecule has 0 amide bonds. The number of nitrogens with one attached hydrogen (secondary N) is 1. The zero-order valence-electron chi connectivity index (χ0n) is 6.68. The fourth-order valence-corrected chi connectivity index (χ4v) is 0.944. The monoisotopic (exact) mass is 141 g/mol. The predicted octanol–water partition coefficient (Wildman–Crippen LogP) is 0.963. The van der Waals surface area contributed by atoms with Gasteiger partial charge in [-0.2, -0.15) is 0 Å². The molecule has 1 fully saturated rings. The maximum atomic E-state index is 11.2. The first-order valence-corrected chi connectivity index (χ1v) is 3.94. The molecule has 0 spiro atoms. The third-order valence-corrected chi connectivity index (χ3v) is 2.10. The van der Waals surface area contributed by atoms with Gasteiger partial charge in [0.05, 0.1) is 6.04 Å². The molecule has 0 aromatic rings. The Labute approximate surface area is 62.0 Å². The molecule has 0 unspecified atom stereocenters. The summed E-state index contributed by atoms with van der Waals surface area (Å²) in [7, 11) is 1.83. The second-order valence-corrected chi connectivity index (χ2v) is 3.12. The number of ketones is 1. The summed E-state index contributed by atoms with van der Waals surface area (Å²) in [6.07, 6.45) is 3.33. The van der Waals surface area contributed by atoms with E-state index in [1.165, 1.54) is 12.8 Å². The van der Waals surface area contributed by atoms with E-state index in [0.717, 1.165) is 12.3 Å². The summed E-state index contributed by atoms with van der Waals surface area (Å²) in [5, 5.41) is 2.95. The van der Waals surface area contributed by atoms with E-state index < -0.39 is 0 Å². The van der Waals surface area contributed by atoms with Crippen molar-refractivity contribution in [2.24, 2.45) is 5.92 Å². The topological polar surface area (TPSA) is 29.1 Å². The van der Waals surface area contributed by atoms with Crippen LogP contribution in [0.2, 0.25) is 0 Å². The Morgan fingerprint density at radius 2 is 2.30 bits per heavy atom. The average Bonchev–Trinajstić information content (AvgIpc) is 2.70. The molecule has 0 bridgehead atoms. The van der Waals surface area contributed by atoms with Crippen molar-refractivity contribution in [2.75, 3.05) is 7.05 Å². The molecular weight excluding hydrogens is 126 g/mol. The Kier molecular flexibility index (Phi) is 2.44. The van der Waals surface area contributed by atoms with Crippen LogP contribution in [0.1, 0.15) is 26.2 Å². The minimum atomic E-state index is 0.0561. The SMILES string of the molecule is CN[C@@H](C)C(=O)CC1CC1. The van der Waals surface area contributed by atoms with Crippen LogP contribution in [-0.4, -0.2) is 18.9 Å². The van der Waals surface area contributed by atoms with Crippen LogP contribution in [0, 0.1) is 5.92 Å². The zero-order chi connectivity index (χ0) is 7.56. The van der Waals surface area contributed by atoms with Crippen molar-refractivity contribution in [3.8, 4) is 0 Å². The minimum Gasteiger partial charge on any atom is -0.311 e. The van der Waals surface area contributed by atoms with E-state index in [4.69, 9.17) is 0 Å². The van der Waals surface area contributed by atoms with E-state index in [1.807, 2.05) is 14.0 Å². The second kappa shape index (κ2) is 3.15. The molecule has 2 heteroatoms. The van der Waals surface area contributed by atoms with E-state index >= 15 is 0 Å². The Morgan fingerprint density at radius 1 is 1.70 bits per heavy atom. The predicted molar refractivity (Wildman–Crippen MR) is 40.9 cm³/mol. The van der Waals surface area contributed by atoms with Crippen LogP contribution in [0.3, 0.4) is 0 Å². The molecule has 58 valence electrons. The molecule has 1 aliphatic carbocycles. The number of likely N-dealkylation sites (N-methyl/N-ethyl adjacent to an activating group) is 1. The van der Waals surface area contributed by atoms with E-state index in [1.54, 1.807) is 0 Å². The molecule has 1 aliphatic rings. The van der Waals surface area contributed by atoms with Crippen LogP contribution >= 0.6 is 0 Å². The summed E-state index contributed by atoms with van der Waals surface area (Å²) in [6.45, 7) is 1.92. The van der Waals surface area contributed by atoms with Crippen LogP contribution < -0.4 is 5.32 Å². The van der Waals surface area contributed by atoms with Gasteiger partial charge >= 0.3 is 0 Å². The molecular formula is C8H15NO. The Hall–Kier alpha value is -0.370. The smallest absolute Gasteiger partial charge is 0.149 e. The van der Waals surface area contributed by atoms with Gasteiger partial charge in [-0.05, 0) is 32.7 Å². The van der Waals surface area contributed by atoms with Gasteiger partial charge in [0, 0.05) is 6.42 Å². The van der Waals surface area contributed by atoms with Gasteiger partial charge in [0.1, 0.15) is 5.78 Å². The molecule has 1 N–H and O–H groups in total. The summed E-state index contributed by atoms with van der Waals surface area (Å²) < 4.78 is 0. The largest absolute Gasteiger partial charge is 0.311 e. The van der Waals surface area contributed by atoms with Crippen molar-refractivity contribution < 1.29 is 4.79 Å². The lowest BCUT2D eigenvalue weighted by molar-refractivity contribution is -0.120. The quantitative estimate of drug-likeness (QED) is 0.632. The van der Waals surface area contributed by atoms with Crippen LogP contribution in [0.4, 0.5) is 0 Å². The molecule has 10 heavy (non-hydrogen) atoms. The number of hydrogen-bond acceptors (Lipinski definition) is 2. The van der Waals surface area contributed by atoms with Gasteiger partial charge in [-0.15, -0.1) is 0 Å². The number of rotatable bonds is 4. The molecule has 0 saturated heterocycles. The molecule has 2 nitrogen and oxygen atoms in total. The average molecular weight is 141 g/mol. The number of hydrogen-bond donors (Lipinski definition) is 1. The van der Waals surface area contributed by atoms with Crippen molar-refractivity contribution in [1.29, 1.82) is 0 Å². The van der Waals surface area contributed by atoms with Crippen molar-refractivity contribution in [3.05, 3.63) is 0 Å². The highest BCUT2D eigenvalue weighted by Crippen LogP contribution is 2.32. The van der Waals surface area contributed by atoms with Gasteiger partial charge in [0.15, 0.2) is 0 Å². The standard InChI is InChI=1S/C8H15NO/c1-6(9-2)8(10)5-7-3-4-7/h6-7,9H,3-5H2,1-2H3/t6-/m0/s1. The Balaban J connectivity index is 2.18. The summed E-state index contributed by atoms with van der Waals surface area (Å²) in [6, 6.07) is 0.0561. The summed E-state index contributed by atoms with van der Waals surface area (Å²) >= 11 is 0. The highest BCUT2D eigenvalue weighted by Gasteiger charge is 2.25. The normalized spacial score (nSPS) is 20.6. The van der Waals surface area contributed by atoms with E-state index in [0.29, 0.717) is 5.78 Å². The van der Waals surface area contributed by atoms with Crippen molar-refractivity contribution in [1.82, 2.24) is 5.32 Å². The first kappa shape index (κ1) is 7.73. The fraction of sp³-hybridized carbons (Fsp3) is 0.875. The zero-order valence-corrected chi connectivity index (χ0v) is 6.68. The third kappa shape index (κ3) is 2.10. The summed E-state index contributed by atoms with van der Waals surface area (Å²) in [5.41, 5.74) is 0. The summed E-state index contributed by atoms with van der Waals surface area (Å²) in [4.78, 5) is 11.2. The van der Waals surface area contributed by atoms with Gasteiger partial charge in [-0.3, -0.25) is 4.79 Å². The molecule has 0 aromatic carbocycles. The lowest BCUT2D eigenvalue weighted by Gasteiger charge is -2.06. The third-order valence-electron chi connectivity index (χ3n) is 2.10. The minimum absolute atomic E-state index is 0.0561.